The molecule has 2 spiro atoms. The lowest BCUT2D eigenvalue weighted by atomic mass is 9.57. The van der Waals surface area contributed by atoms with Crippen molar-refractivity contribution < 1.29 is 14.4 Å². The van der Waals surface area contributed by atoms with Crippen molar-refractivity contribution in [1.29, 1.82) is 0 Å². The van der Waals surface area contributed by atoms with Gasteiger partial charge < -0.3 is 10.6 Å². The second kappa shape index (κ2) is 8.06. The van der Waals surface area contributed by atoms with E-state index in [1.54, 1.807) is 18.2 Å². The van der Waals surface area contributed by atoms with Crippen molar-refractivity contribution in [3.05, 3.63) is 91.9 Å². The van der Waals surface area contributed by atoms with Gasteiger partial charge in [-0.15, -0.1) is 0 Å². The average Bonchev–Trinajstić information content (AvgIpc) is 3.58. The molecule has 3 aromatic rings. The highest BCUT2D eigenvalue weighted by molar-refractivity contribution is 6.37. The normalized spacial score (nSPS) is 28.9. The van der Waals surface area contributed by atoms with Gasteiger partial charge in [-0.25, -0.2) is 0 Å². The molecule has 38 heavy (non-hydrogen) atoms. The van der Waals surface area contributed by atoms with Gasteiger partial charge in [0, 0.05) is 27.9 Å². The Morgan fingerprint density at radius 1 is 0.947 bits per heavy atom. The number of amides is 2. The fourth-order valence-electron chi connectivity index (χ4n) is 7.63. The van der Waals surface area contributed by atoms with Crippen LogP contribution in [0.25, 0.3) is 0 Å². The molecule has 4 aliphatic rings. The SMILES string of the molecule is Cc1cc(Cl)c2c(c1)[C@]1(C(=O)N2)N2CCC[C@H]2[C@@H](C(=O)c2ccc(Cl)cc2Cl)[C@]12C(=O)Nc1ccccc12. The number of anilines is 2. The largest absolute Gasteiger partial charge is 0.325 e. The Hall–Kier alpha value is -2.90. The van der Waals surface area contributed by atoms with Crippen molar-refractivity contribution >= 4 is 63.8 Å². The van der Waals surface area contributed by atoms with Crippen LogP contribution in [0.1, 0.15) is 39.9 Å². The molecular formula is C29H22Cl3N3O3. The van der Waals surface area contributed by atoms with E-state index in [4.69, 9.17) is 34.8 Å². The maximum atomic E-state index is 14.6. The van der Waals surface area contributed by atoms with Crippen LogP contribution < -0.4 is 10.6 Å². The third-order valence-corrected chi connectivity index (χ3v) is 9.63. The van der Waals surface area contributed by atoms with Crippen molar-refractivity contribution in [3.8, 4) is 0 Å². The summed E-state index contributed by atoms with van der Waals surface area (Å²) in [5.41, 5.74) is 0.448. The van der Waals surface area contributed by atoms with Crippen LogP contribution in [0, 0.1) is 12.8 Å². The predicted molar refractivity (Wildman–Crippen MR) is 147 cm³/mol. The summed E-state index contributed by atoms with van der Waals surface area (Å²) in [5.74, 6) is -1.90. The molecule has 9 heteroatoms. The Balaban J connectivity index is 1.61. The molecule has 4 aliphatic heterocycles. The van der Waals surface area contributed by atoms with Crippen LogP contribution in [0.3, 0.4) is 0 Å². The molecule has 2 fully saturated rings. The Bertz CT molecular complexity index is 1610. The molecule has 0 unspecified atom stereocenters. The first-order valence-electron chi connectivity index (χ1n) is 12.5. The number of nitrogens with one attached hydrogen (secondary N) is 2. The van der Waals surface area contributed by atoms with Crippen molar-refractivity contribution in [1.82, 2.24) is 4.90 Å². The molecule has 4 heterocycles. The number of aryl methyl sites for hydroxylation is 1. The lowest BCUT2D eigenvalue weighted by Crippen LogP contribution is -2.62. The number of para-hydroxylation sites is 1. The Morgan fingerprint density at radius 3 is 2.53 bits per heavy atom. The van der Waals surface area contributed by atoms with Crippen molar-refractivity contribution in [3.63, 3.8) is 0 Å². The van der Waals surface area contributed by atoms with E-state index < -0.39 is 16.9 Å². The third kappa shape index (κ3) is 2.71. The number of benzene rings is 3. The van der Waals surface area contributed by atoms with Crippen LogP contribution in [0.5, 0.6) is 0 Å². The zero-order valence-corrected chi connectivity index (χ0v) is 22.5. The van der Waals surface area contributed by atoms with Crippen LogP contribution >= 0.6 is 34.8 Å². The van der Waals surface area contributed by atoms with Gasteiger partial charge >= 0.3 is 0 Å². The summed E-state index contributed by atoms with van der Waals surface area (Å²) >= 11 is 19.4. The molecule has 0 saturated carbocycles. The number of ketones is 1. The van der Waals surface area contributed by atoms with E-state index in [0.717, 1.165) is 12.0 Å². The first kappa shape index (κ1) is 24.2. The Morgan fingerprint density at radius 2 is 1.74 bits per heavy atom. The summed E-state index contributed by atoms with van der Waals surface area (Å²) in [4.78, 5) is 45.7. The van der Waals surface area contributed by atoms with Gasteiger partial charge in [-0.05, 0) is 67.8 Å². The van der Waals surface area contributed by atoms with Gasteiger partial charge in [0.25, 0.3) is 5.91 Å². The highest BCUT2D eigenvalue weighted by atomic mass is 35.5. The smallest absolute Gasteiger partial charge is 0.251 e. The number of Topliss-reactive ketones (excluding diaryl/α,β-unsaturated/α-hetero) is 1. The van der Waals surface area contributed by atoms with Crippen LogP contribution in [0.2, 0.25) is 15.1 Å². The van der Waals surface area contributed by atoms with E-state index in [1.165, 1.54) is 6.07 Å². The fraction of sp³-hybridized carbons (Fsp3) is 0.276. The third-order valence-electron chi connectivity index (χ3n) is 8.78. The quantitative estimate of drug-likeness (QED) is 0.375. The number of halogens is 3. The van der Waals surface area contributed by atoms with Crippen LogP contribution in [-0.4, -0.2) is 35.1 Å². The van der Waals surface area contributed by atoms with E-state index in [2.05, 4.69) is 15.5 Å². The molecule has 2 saturated heterocycles. The van der Waals surface area contributed by atoms with Gasteiger partial charge in [0.1, 0.15) is 11.0 Å². The molecule has 0 aliphatic carbocycles. The standard InChI is InChI=1S/C29H22Cl3N3O3/c1-14-11-18-24(20(32)12-14)34-27(38)29(18)28(17-5-2-3-6-21(17)33-26(28)37)23(22-7-4-10-35(22)29)25(36)16-9-8-15(30)13-19(16)31/h2-3,5-6,8-9,11-13,22-23H,4,7,10H2,1H3,(H,33,37)(H,34,38)/t22-,23-,28+,29+/m0/s1. The minimum Gasteiger partial charge on any atom is -0.325 e. The van der Waals surface area contributed by atoms with E-state index in [1.807, 2.05) is 37.3 Å². The van der Waals surface area contributed by atoms with E-state index in [-0.39, 0.29) is 34.2 Å². The topological polar surface area (TPSA) is 78.5 Å². The lowest BCUT2D eigenvalue weighted by molar-refractivity contribution is -0.137. The summed E-state index contributed by atoms with van der Waals surface area (Å²) in [5, 5.41) is 7.06. The molecule has 0 radical (unpaired) electrons. The monoisotopic (exact) mass is 565 g/mol. The molecule has 2 N–H and O–H groups in total. The maximum absolute atomic E-state index is 14.6. The number of rotatable bonds is 2. The van der Waals surface area contributed by atoms with E-state index in [0.29, 0.717) is 45.5 Å². The number of nitrogens with zero attached hydrogens (tertiary/aromatic N) is 1. The second-order valence-corrected chi connectivity index (χ2v) is 11.8. The second-order valence-electron chi connectivity index (χ2n) is 10.5. The number of hydrogen-bond acceptors (Lipinski definition) is 4. The van der Waals surface area contributed by atoms with Gasteiger partial charge in [0.2, 0.25) is 5.91 Å². The average molecular weight is 567 g/mol. The van der Waals surface area contributed by atoms with Crippen LogP contribution in [0.15, 0.2) is 54.6 Å². The highest BCUT2D eigenvalue weighted by Crippen LogP contribution is 2.68. The molecule has 0 bridgehead atoms. The van der Waals surface area contributed by atoms with Crippen LogP contribution in [0.4, 0.5) is 11.4 Å². The van der Waals surface area contributed by atoms with Gasteiger partial charge in [-0.2, -0.15) is 0 Å². The lowest BCUT2D eigenvalue weighted by Gasteiger charge is -2.43. The molecule has 2 amide bonds. The fourth-order valence-corrected chi connectivity index (χ4v) is 8.45. The van der Waals surface area contributed by atoms with Crippen molar-refractivity contribution in [2.24, 2.45) is 5.92 Å². The summed E-state index contributed by atoms with van der Waals surface area (Å²) in [6.45, 7) is 2.46. The number of carbonyl (C=O) groups excluding carboxylic acids is 3. The Kier molecular flexibility index (Phi) is 5.12. The summed E-state index contributed by atoms with van der Waals surface area (Å²) in [6, 6.07) is 15.4. The molecule has 4 atom stereocenters. The molecule has 3 aromatic carbocycles. The van der Waals surface area contributed by atoms with Gasteiger partial charge in [0.15, 0.2) is 5.78 Å². The van der Waals surface area contributed by atoms with Gasteiger partial charge in [-0.1, -0.05) is 59.1 Å². The predicted octanol–water partition coefficient (Wildman–Crippen LogP) is 5.97. The first-order chi connectivity index (χ1) is 18.2. The Labute approximate surface area is 234 Å². The zero-order chi connectivity index (χ0) is 26.6. The minimum atomic E-state index is -1.55. The van der Waals surface area contributed by atoms with Crippen molar-refractivity contribution in [2.45, 2.75) is 36.8 Å². The molecular weight excluding hydrogens is 545 g/mol. The van der Waals surface area contributed by atoms with Crippen molar-refractivity contribution in [2.75, 3.05) is 17.2 Å². The van der Waals surface area contributed by atoms with Gasteiger partial charge in [-0.3, -0.25) is 19.3 Å². The number of carbonyl (C=O) groups is 3. The summed E-state index contributed by atoms with van der Waals surface area (Å²) < 4.78 is 0. The maximum Gasteiger partial charge on any atom is 0.251 e. The molecule has 0 aromatic heterocycles. The number of hydrogen-bond donors (Lipinski definition) is 2. The summed E-state index contributed by atoms with van der Waals surface area (Å²) in [6.07, 6.45) is 1.44. The molecule has 7 rings (SSSR count). The van der Waals surface area contributed by atoms with Crippen LogP contribution in [-0.2, 0) is 20.5 Å². The van der Waals surface area contributed by atoms with Gasteiger partial charge in [0.05, 0.1) is 21.7 Å². The molecule has 192 valence electrons. The molecule has 6 nitrogen and oxygen atoms in total. The van der Waals surface area contributed by atoms with E-state index in [9.17, 15) is 14.4 Å². The highest BCUT2D eigenvalue weighted by Gasteiger charge is 2.81. The zero-order valence-electron chi connectivity index (χ0n) is 20.3. The number of fused-ring (bicyclic) bond motifs is 7. The summed E-state index contributed by atoms with van der Waals surface area (Å²) in [7, 11) is 0. The van der Waals surface area contributed by atoms with E-state index >= 15 is 0 Å². The minimum absolute atomic E-state index is 0.213. The first-order valence-corrected chi connectivity index (χ1v) is 13.7.